The lowest BCUT2D eigenvalue weighted by molar-refractivity contribution is 0.101. The number of hydrogen-bond donors (Lipinski definition) is 1. The van der Waals surface area contributed by atoms with E-state index in [1.54, 1.807) is 30.2 Å². The van der Waals surface area contributed by atoms with Gasteiger partial charge in [-0.05, 0) is 12.1 Å². The molecule has 0 spiro atoms. The number of aryl methyl sites for hydroxylation is 1. The summed E-state index contributed by atoms with van der Waals surface area (Å²) in [6.07, 6.45) is 5.12. The largest absolute Gasteiger partial charge is 0.325 e. The van der Waals surface area contributed by atoms with Crippen LogP contribution in [-0.4, -0.2) is 31.2 Å². The standard InChI is InChI=1S/C16H13N5OS/c22-15(14-17-6-3-7-18-14)19-12-5-2-1-4-11(12)13-10-21-8-9-23-16(21)20-13/h1-7,10H,8-9H2,(H,19,22). The van der Waals surface area contributed by atoms with Crippen LogP contribution in [0.5, 0.6) is 0 Å². The van der Waals surface area contributed by atoms with E-state index in [4.69, 9.17) is 0 Å². The number of rotatable bonds is 3. The zero-order valence-electron chi connectivity index (χ0n) is 12.1. The van der Waals surface area contributed by atoms with Crippen molar-refractivity contribution in [1.29, 1.82) is 0 Å². The molecular formula is C16H13N5OS. The van der Waals surface area contributed by atoms with E-state index in [1.165, 1.54) is 0 Å². The number of imidazole rings is 1. The minimum atomic E-state index is -0.334. The molecule has 6 nitrogen and oxygen atoms in total. The SMILES string of the molecule is O=C(Nc1ccccc1-c1cn2c(n1)SCC2)c1ncccn1. The summed E-state index contributed by atoms with van der Waals surface area (Å²) in [5.74, 6) is 0.871. The van der Waals surface area contributed by atoms with Gasteiger partial charge < -0.3 is 9.88 Å². The molecule has 0 atom stereocenters. The van der Waals surface area contributed by atoms with Crippen molar-refractivity contribution < 1.29 is 4.79 Å². The molecule has 3 aromatic rings. The predicted octanol–water partition coefficient (Wildman–Crippen LogP) is 2.70. The van der Waals surface area contributed by atoms with Crippen LogP contribution in [0.3, 0.4) is 0 Å². The van der Waals surface area contributed by atoms with Gasteiger partial charge in [-0.3, -0.25) is 4.79 Å². The Morgan fingerprint density at radius 1 is 1.17 bits per heavy atom. The number of hydrogen-bond acceptors (Lipinski definition) is 5. The highest BCUT2D eigenvalue weighted by Gasteiger charge is 2.18. The average Bonchev–Trinajstić information content (AvgIpc) is 3.18. The number of carbonyl (C=O) groups excluding carboxylic acids is 1. The maximum absolute atomic E-state index is 12.3. The fraction of sp³-hybridized carbons (Fsp3) is 0.125. The molecule has 1 aromatic carbocycles. The van der Waals surface area contributed by atoms with Crippen molar-refractivity contribution >= 4 is 23.4 Å². The van der Waals surface area contributed by atoms with Crippen LogP contribution in [0, 0.1) is 0 Å². The highest BCUT2D eigenvalue weighted by atomic mass is 32.2. The number of thioether (sulfide) groups is 1. The van der Waals surface area contributed by atoms with Crippen molar-refractivity contribution in [3.8, 4) is 11.3 Å². The second-order valence-corrected chi connectivity index (χ2v) is 6.08. The number of amides is 1. The Labute approximate surface area is 137 Å². The Balaban J connectivity index is 1.66. The number of nitrogens with zero attached hydrogens (tertiary/aromatic N) is 4. The molecule has 1 N–H and O–H groups in total. The molecule has 1 aliphatic heterocycles. The van der Waals surface area contributed by atoms with Crippen molar-refractivity contribution in [2.24, 2.45) is 0 Å². The van der Waals surface area contributed by atoms with Crippen molar-refractivity contribution in [1.82, 2.24) is 19.5 Å². The number of para-hydroxylation sites is 1. The van der Waals surface area contributed by atoms with Gasteiger partial charge in [0.2, 0.25) is 5.82 Å². The average molecular weight is 323 g/mol. The minimum Gasteiger partial charge on any atom is -0.325 e. The normalized spacial score (nSPS) is 12.9. The van der Waals surface area contributed by atoms with E-state index in [-0.39, 0.29) is 11.7 Å². The summed E-state index contributed by atoms with van der Waals surface area (Å²) in [4.78, 5) is 24.9. The molecule has 0 saturated heterocycles. The summed E-state index contributed by atoms with van der Waals surface area (Å²) in [7, 11) is 0. The topological polar surface area (TPSA) is 72.7 Å². The molecule has 4 rings (SSSR count). The summed E-state index contributed by atoms with van der Waals surface area (Å²) in [6, 6.07) is 9.29. The second-order valence-electron chi connectivity index (χ2n) is 5.02. The summed E-state index contributed by atoms with van der Waals surface area (Å²) >= 11 is 1.74. The number of benzene rings is 1. The van der Waals surface area contributed by atoms with Crippen LogP contribution in [0.1, 0.15) is 10.6 Å². The first-order valence-corrected chi connectivity index (χ1v) is 8.17. The molecule has 0 saturated carbocycles. The number of fused-ring (bicyclic) bond motifs is 1. The first kappa shape index (κ1) is 14.0. The third-order valence-corrected chi connectivity index (χ3v) is 4.49. The van der Waals surface area contributed by atoms with Gasteiger partial charge in [0.05, 0.1) is 11.4 Å². The van der Waals surface area contributed by atoms with Gasteiger partial charge in [0.25, 0.3) is 5.91 Å². The number of anilines is 1. The zero-order valence-corrected chi connectivity index (χ0v) is 13.0. The number of aromatic nitrogens is 4. The van der Waals surface area contributed by atoms with E-state index in [2.05, 4.69) is 24.8 Å². The number of carbonyl (C=O) groups is 1. The molecule has 114 valence electrons. The van der Waals surface area contributed by atoms with Crippen LogP contribution in [0.25, 0.3) is 11.3 Å². The van der Waals surface area contributed by atoms with E-state index in [9.17, 15) is 4.79 Å². The Kier molecular flexibility index (Phi) is 3.55. The first-order chi connectivity index (χ1) is 11.3. The Bertz CT molecular complexity index is 840. The number of nitrogens with one attached hydrogen (secondary N) is 1. The van der Waals surface area contributed by atoms with Crippen LogP contribution < -0.4 is 5.32 Å². The summed E-state index contributed by atoms with van der Waals surface area (Å²) in [6.45, 7) is 0.972. The molecule has 7 heteroatoms. The van der Waals surface area contributed by atoms with Gasteiger partial charge >= 0.3 is 0 Å². The maximum atomic E-state index is 12.3. The maximum Gasteiger partial charge on any atom is 0.293 e. The Morgan fingerprint density at radius 3 is 2.83 bits per heavy atom. The lowest BCUT2D eigenvalue weighted by Gasteiger charge is -2.08. The Hall–Kier alpha value is -2.67. The molecule has 0 radical (unpaired) electrons. The van der Waals surface area contributed by atoms with Gasteiger partial charge in [-0.1, -0.05) is 30.0 Å². The third kappa shape index (κ3) is 2.70. The second kappa shape index (κ2) is 5.85. The Morgan fingerprint density at radius 2 is 2.00 bits per heavy atom. The lowest BCUT2D eigenvalue weighted by atomic mass is 10.1. The van der Waals surface area contributed by atoms with Crippen LogP contribution in [0.2, 0.25) is 0 Å². The molecule has 0 aliphatic carbocycles. The van der Waals surface area contributed by atoms with Gasteiger partial charge in [-0.15, -0.1) is 0 Å². The van der Waals surface area contributed by atoms with Crippen LogP contribution in [0.15, 0.2) is 54.1 Å². The molecule has 0 bridgehead atoms. The zero-order chi connectivity index (χ0) is 15.6. The molecule has 0 fully saturated rings. The van der Waals surface area contributed by atoms with E-state index in [1.807, 2.05) is 30.5 Å². The van der Waals surface area contributed by atoms with Crippen LogP contribution in [-0.2, 0) is 6.54 Å². The molecule has 2 aromatic heterocycles. The van der Waals surface area contributed by atoms with Crippen LogP contribution in [0.4, 0.5) is 5.69 Å². The quantitative estimate of drug-likeness (QED) is 0.802. The molecular weight excluding hydrogens is 310 g/mol. The first-order valence-electron chi connectivity index (χ1n) is 7.19. The van der Waals surface area contributed by atoms with Crippen molar-refractivity contribution in [3.63, 3.8) is 0 Å². The van der Waals surface area contributed by atoms with Crippen LogP contribution >= 0.6 is 11.8 Å². The van der Waals surface area contributed by atoms with Crippen molar-refractivity contribution in [3.05, 3.63) is 54.7 Å². The molecule has 0 unspecified atom stereocenters. The fourth-order valence-corrected chi connectivity index (χ4v) is 3.39. The molecule has 23 heavy (non-hydrogen) atoms. The van der Waals surface area contributed by atoms with E-state index in [0.717, 1.165) is 28.7 Å². The summed E-state index contributed by atoms with van der Waals surface area (Å²) in [5.41, 5.74) is 2.45. The van der Waals surface area contributed by atoms with Crippen molar-refractivity contribution in [2.45, 2.75) is 11.7 Å². The van der Waals surface area contributed by atoms with Gasteiger partial charge in [0.15, 0.2) is 5.16 Å². The summed E-state index contributed by atoms with van der Waals surface area (Å²) < 4.78 is 2.14. The minimum absolute atomic E-state index is 0.144. The highest BCUT2D eigenvalue weighted by Crippen LogP contribution is 2.32. The predicted molar refractivity (Wildman–Crippen MR) is 88.4 cm³/mol. The molecule has 1 aliphatic rings. The van der Waals surface area contributed by atoms with E-state index < -0.39 is 0 Å². The third-order valence-electron chi connectivity index (χ3n) is 3.52. The van der Waals surface area contributed by atoms with E-state index >= 15 is 0 Å². The monoisotopic (exact) mass is 323 g/mol. The van der Waals surface area contributed by atoms with Gasteiger partial charge in [-0.25, -0.2) is 15.0 Å². The smallest absolute Gasteiger partial charge is 0.293 e. The molecule has 3 heterocycles. The van der Waals surface area contributed by atoms with Gasteiger partial charge in [0, 0.05) is 36.5 Å². The van der Waals surface area contributed by atoms with Crippen molar-refractivity contribution in [2.75, 3.05) is 11.1 Å². The lowest BCUT2D eigenvalue weighted by Crippen LogP contribution is -2.15. The summed E-state index contributed by atoms with van der Waals surface area (Å²) in [5, 5.41) is 3.89. The fourth-order valence-electron chi connectivity index (χ4n) is 2.45. The van der Waals surface area contributed by atoms with Gasteiger partial charge in [0.1, 0.15) is 0 Å². The highest BCUT2D eigenvalue weighted by molar-refractivity contribution is 7.99. The van der Waals surface area contributed by atoms with E-state index in [0.29, 0.717) is 5.69 Å². The molecule has 1 amide bonds. The van der Waals surface area contributed by atoms with Gasteiger partial charge in [-0.2, -0.15) is 0 Å².